The Kier molecular flexibility index (Phi) is 2.03. The largest absolute Gasteiger partial charge is 0.327 e. The van der Waals surface area contributed by atoms with Crippen molar-refractivity contribution in [3.8, 4) is 0 Å². The summed E-state index contributed by atoms with van der Waals surface area (Å²) in [5.41, 5.74) is 1.30. The highest BCUT2D eigenvalue weighted by atomic mass is 16.2. The fourth-order valence-electron chi connectivity index (χ4n) is 1.74. The van der Waals surface area contributed by atoms with Gasteiger partial charge >= 0.3 is 6.03 Å². The Bertz CT molecular complexity index is 433. The SMILES string of the molecule is C=C1NC(=O)N(C(C)C)c2c1ncn2C. The van der Waals surface area contributed by atoms with Crippen LogP contribution in [-0.2, 0) is 7.05 Å². The van der Waals surface area contributed by atoms with Crippen LogP contribution in [0.15, 0.2) is 12.9 Å². The summed E-state index contributed by atoms with van der Waals surface area (Å²) in [4.78, 5) is 17.7. The molecule has 2 heterocycles. The number of nitrogens with one attached hydrogen (secondary N) is 1. The molecule has 0 aliphatic carbocycles. The van der Waals surface area contributed by atoms with E-state index in [0.717, 1.165) is 11.5 Å². The molecule has 0 spiro atoms. The summed E-state index contributed by atoms with van der Waals surface area (Å²) in [5.74, 6) is 0.804. The molecule has 15 heavy (non-hydrogen) atoms. The van der Waals surface area contributed by atoms with E-state index in [2.05, 4.69) is 16.9 Å². The van der Waals surface area contributed by atoms with E-state index in [1.54, 1.807) is 11.2 Å². The van der Waals surface area contributed by atoms with E-state index in [-0.39, 0.29) is 12.1 Å². The maximum atomic E-state index is 11.8. The number of aromatic nitrogens is 2. The standard InChI is InChI=1S/C10H14N4O/c1-6(2)14-9-8(11-5-13(9)4)7(3)12-10(14)15/h5-6H,3H2,1-2,4H3,(H,12,15). The lowest BCUT2D eigenvalue weighted by molar-refractivity contribution is 0.247. The molecule has 0 atom stereocenters. The normalized spacial score (nSPS) is 15.6. The molecule has 1 aliphatic rings. The zero-order valence-electron chi connectivity index (χ0n) is 9.11. The minimum Gasteiger partial charge on any atom is -0.320 e. The molecule has 0 bridgehead atoms. The van der Waals surface area contributed by atoms with Crippen molar-refractivity contribution in [2.24, 2.45) is 7.05 Å². The van der Waals surface area contributed by atoms with Crippen LogP contribution in [0.5, 0.6) is 0 Å². The number of amides is 2. The Hall–Kier alpha value is -1.78. The molecule has 2 rings (SSSR count). The summed E-state index contributed by atoms with van der Waals surface area (Å²) in [6.07, 6.45) is 1.69. The number of hydrogen-bond donors (Lipinski definition) is 1. The Morgan fingerprint density at radius 1 is 1.53 bits per heavy atom. The molecule has 5 heteroatoms. The summed E-state index contributed by atoms with van der Waals surface area (Å²) in [7, 11) is 1.87. The fourth-order valence-corrected chi connectivity index (χ4v) is 1.74. The van der Waals surface area contributed by atoms with Crippen molar-refractivity contribution in [3.63, 3.8) is 0 Å². The minimum absolute atomic E-state index is 0.0900. The topological polar surface area (TPSA) is 50.2 Å². The van der Waals surface area contributed by atoms with Gasteiger partial charge in [0.05, 0.1) is 12.0 Å². The Labute approximate surface area is 88.4 Å². The zero-order valence-corrected chi connectivity index (χ0v) is 9.11. The number of urea groups is 1. The smallest absolute Gasteiger partial charge is 0.320 e. The third kappa shape index (κ3) is 1.31. The molecule has 0 fully saturated rings. The van der Waals surface area contributed by atoms with E-state index >= 15 is 0 Å². The molecule has 2 amide bonds. The number of fused-ring (bicyclic) bond motifs is 1. The Balaban J connectivity index is 2.59. The van der Waals surface area contributed by atoms with Gasteiger partial charge in [0.25, 0.3) is 0 Å². The van der Waals surface area contributed by atoms with E-state index in [1.807, 2.05) is 25.5 Å². The van der Waals surface area contributed by atoms with Gasteiger partial charge in [0, 0.05) is 13.1 Å². The summed E-state index contributed by atoms with van der Waals surface area (Å²) in [5, 5.41) is 2.70. The van der Waals surface area contributed by atoms with Gasteiger partial charge in [0.2, 0.25) is 0 Å². The molecular formula is C10H14N4O. The molecule has 1 aliphatic heterocycles. The molecule has 0 aromatic carbocycles. The summed E-state index contributed by atoms with van der Waals surface area (Å²) >= 11 is 0. The lowest BCUT2D eigenvalue weighted by Gasteiger charge is -2.31. The number of imidazole rings is 1. The maximum Gasteiger partial charge on any atom is 0.327 e. The van der Waals surface area contributed by atoms with Crippen molar-refractivity contribution in [1.29, 1.82) is 0 Å². The van der Waals surface area contributed by atoms with Gasteiger partial charge in [0.1, 0.15) is 11.5 Å². The summed E-state index contributed by atoms with van der Waals surface area (Å²) in [6.45, 7) is 7.70. The lowest BCUT2D eigenvalue weighted by Crippen LogP contribution is -2.47. The molecular weight excluding hydrogens is 192 g/mol. The van der Waals surface area contributed by atoms with Gasteiger partial charge in [0.15, 0.2) is 0 Å². The third-order valence-electron chi connectivity index (χ3n) is 2.41. The second kappa shape index (κ2) is 3.12. The van der Waals surface area contributed by atoms with Crippen molar-refractivity contribution in [1.82, 2.24) is 14.9 Å². The number of nitrogens with zero attached hydrogens (tertiary/aromatic N) is 3. The van der Waals surface area contributed by atoms with Crippen molar-refractivity contribution in [2.75, 3.05) is 4.90 Å². The van der Waals surface area contributed by atoms with Crippen molar-refractivity contribution < 1.29 is 4.79 Å². The van der Waals surface area contributed by atoms with E-state index in [1.165, 1.54) is 0 Å². The minimum atomic E-state index is -0.147. The number of carbonyl (C=O) groups is 1. The van der Waals surface area contributed by atoms with E-state index in [9.17, 15) is 4.79 Å². The van der Waals surface area contributed by atoms with Crippen LogP contribution in [-0.4, -0.2) is 21.6 Å². The zero-order chi connectivity index (χ0) is 11.2. The van der Waals surface area contributed by atoms with E-state index in [0.29, 0.717) is 5.70 Å². The van der Waals surface area contributed by atoms with Crippen LogP contribution in [0.25, 0.3) is 5.70 Å². The number of hydrogen-bond acceptors (Lipinski definition) is 2. The van der Waals surface area contributed by atoms with Crippen LogP contribution >= 0.6 is 0 Å². The van der Waals surface area contributed by atoms with Crippen molar-refractivity contribution in [2.45, 2.75) is 19.9 Å². The van der Waals surface area contributed by atoms with Crippen molar-refractivity contribution >= 4 is 17.5 Å². The predicted molar refractivity (Wildman–Crippen MR) is 58.4 cm³/mol. The van der Waals surface area contributed by atoms with Gasteiger partial charge < -0.3 is 9.88 Å². The molecule has 1 aromatic rings. The van der Waals surface area contributed by atoms with Crippen LogP contribution in [0.2, 0.25) is 0 Å². The second-order valence-electron chi connectivity index (χ2n) is 3.90. The van der Waals surface area contributed by atoms with Gasteiger partial charge in [-0.2, -0.15) is 0 Å². The van der Waals surface area contributed by atoms with Crippen LogP contribution < -0.4 is 10.2 Å². The molecule has 5 nitrogen and oxygen atoms in total. The average molecular weight is 206 g/mol. The number of carbonyl (C=O) groups excluding carboxylic acids is 1. The first kappa shape index (κ1) is 9.76. The predicted octanol–water partition coefficient (Wildman–Crippen LogP) is 1.33. The molecule has 0 saturated carbocycles. The highest BCUT2D eigenvalue weighted by Crippen LogP contribution is 2.29. The Morgan fingerprint density at radius 3 is 2.80 bits per heavy atom. The molecule has 1 N–H and O–H groups in total. The molecule has 80 valence electrons. The van der Waals surface area contributed by atoms with Crippen molar-refractivity contribution in [3.05, 3.63) is 18.6 Å². The van der Waals surface area contributed by atoms with Crippen LogP contribution in [0.4, 0.5) is 10.6 Å². The highest BCUT2D eigenvalue weighted by molar-refractivity contribution is 6.03. The fraction of sp³-hybridized carbons (Fsp3) is 0.400. The number of rotatable bonds is 1. The molecule has 0 unspecified atom stereocenters. The van der Waals surface area contributed by atoms with Gasteiger partial charge in [-0.1, -0.05) is 6.58 Å². The van der Waals surface area contributed by atoms with Gasteiger partial charge in [-0.15, -0.1) is 0 Å². The maximum absolute atomic E-state index is 11.8. The van der Waals surface area contributed by atoms with Crippen LogP contribution in [0, 0.1) is 0 Å². The summed E-state index contributed by atoms with van der Waals surface area (Å²) in [6, 6.07) is -0.0571. The Morgan fingerprint density at radius 2 is 2.20 bits per heavy atom. The van der Waals surface area contributed by atoms with Gasteiger partial charge in [-0.25, -0.2) is 9.78 Å². The number of aryl methyl sites for hydroxylation is 1. The second-order valence-corrected chi connectivity index (χ2v) is 3.90. The van der Waals surface area contributed by atoms with Crippen LogP contribution in [0.1, 0.15) is 19.5 Å². The van der Waals surface area contributed by atoms with Crippen LogP contribution in [0.3, 0.4) is 0 Å². The monoisotopic (exact) mass is 206 g/mol. The van der Waals surface area contributed by atoms with Gasteiger partial charge in [-0.05, 0) is 13.8 Å². The number of anilines is 1. The molecule has 0 saturated heterocycles. The average Bonchev–Trinajstić information content (AvgIpc) is 2.48. The lowest BCUT2D eigenvalue weighted by atomic mass is 10.2. The first-order valence-corrected chi connectivity index (χ1v) is 4.83. The third-order valence-corrected chi connectivity index (χ3v) is 2.41. The first-order chi connectivity index (χ1) is 7.02. The van der Waals surface area contributed by atoms with Gasteiger partial charge in [-0.3, -0.25) is 4.90 Å². The van der Waals surface area contributed by atoms with E-state index in [4.69, 9.17) is 0 Å². The van der Waals surface area contributed by atoms with E-state index < -0.39 is 0 Å². The molecule has 1 aromatic heterocycles. The quantitative estimate of drug-likeness (QED) is 0.753. The first-order valence-electron chi connectivity index (χ1n) is 4.83. The molecule has 0 radical (unpaired) electrons. The highest BCUT2D eigenvalue weighted by Gasteiger charge is 2.31. The summed E-state index contributed by atoms with van der Waals surface area (Å²) < 4.78 is 1.83.